The topological polar surface area (TPSA) is 29.3 Å². The lowest BCUT2D eigenvalue weighted by atomic mass is 10.2. The van der Waals surface area contributed by atoms with Crippen molar-refractivity contribution in [3.8, 4) is 0 Å². The highest BCUT2D eigenvalue weighted by molar-refractivity contribution is 9.10. The van der Waals surface area contributed by atoms with Crippen molar-refractivity contribution >= 4 is 21.6 Å². The maximum Gasteiger partial charge on any atom is 0.0461 e. The van der Waals surface area contributed by atoms with Gasteiger partial charge in [0.1, 0.15) is 0 Å². The molecule has 0 bridgehead atoms. The van der Waals surface area contributed by atoms with Gasteiger partial charge in [0.2, 0.25) is 0 Å². The van der Waals surface area contributed by atoms with Crippen LogP contribution in [0.5, 0.6) is 0 Å². The van der Waals surface area contributed by atoms with Crippen LogP contribution in [0.2, 0.25) is 0 Å². The minimum Gasteiger partial charge on any atom is -0.398 e. The average Bonchev–Trinajstić information content (AvgIpc) is 2.97. The molecule has 0 amide bonds. The summed E-state index contributed by atoms with van der Waals surface area (Å²) in [6, 6.07) is 6.07. The quantitative estimate of drug-likeness (QED) is 0.852. The first-order valence-corrected chi connectivity index (χ1v) is 6.17. The molecule has 3 heteroatoms. The standard InChI is InChI=1S/C12H17BrN2/c1-15(7-9-5-6-9)8-10-3-2-4-11(14)12(10)13/h2-4,9H,5-8,14H2,1H3. The molecule has 1 aromatic carbocycles. The van der Waals surface area contributed by atoms with Crippen LogP contribution in [0.25, 0.3) is 0 Å². The number of rotatable bonds is 4. The molecule has 2 rings (SSSR count). The fourth-order valence-electron chi connectivity index (χ4n) is 1.82. The maximum atomic E-state index is 5.84. The summed E-state index contributed by atoms with van der Waals surface area (Å²) in [7, 11) is 2.17. The van der Waals surface area contributed by atoms with Gasteiger partial charge in [0.05, 0.1) is 0 Å². The summed E-state index contributed by atoms with van der Waals surface area (Å²) in [6.07, 6.45) is 2.81. The lowest BCUT2D eigenvalue weighted by Gasteiger charge is -2.17. The smallest absolute Gasteiger partial charge is 0.0461 e. The number of nitrogens with zero attached hydrogens (tertiary/aromatic N) is 1. The van der Waals surface area contributed by atoms with Gasteiger partial charge < -0.3 is 10.6 Å². The van der Waals surface area contributed by atoms with E-state index in [1.165, 1.54) is 24.9 Å². The van der Waals surface area contributed by atoms with Gasteiger partial charge in [0, 0.05) is 23.2 Å². The average molecular weight is 269 g/mol. The van der Waals surface area contributed by atoms with Crippen LogP contribution in [-0.4, -0.2) is 18.5 Å². The van der Waals surface area contributed by atoms with Crippen molar-refractivity contribution in [1.29, 1.82) is 0 Å². The Kier molecular flexibility index (Phi) is 3.32. The molecule has 1 fully saturated rings. The molecular weight excluding hydrogens is 252 g/mol. The van der Waals surface area contributed by atoms with E-state index in [4.69, 9.17) is 5.73 Å². The summed E-state index contributed by atoms with van der Waals surface area (Å²) in [5.74, 6) is 0.940. The predicted octanol–water partition coefficient (Wildman–Crippen LogP) is 2.87. The Morgan fingerprint density at radius 1 is 1.47 bits per heavy atom. The number of anilines is 1. The van der Waals surface area contributed by atoms with Gasteiger partial charge in [-0.05, 0) is 53.4 Å². The fraction of sp³-hybridized carbons (Fsp3) is 0.500. The fourth-order valence-corrected chi connectivity index (χ4v) is 2.21. The third kappa shape index (κ3) is 2.95. The largest absolute Gasteiger partial charge is 0.398 e. The first-order valence-electron chi connectivity index (χ1n) is 5.38. The van der Waals surface area contributed by atoms with Crippen molar-refractivity contribution in [1.82, 2.24) is 4.90 Å². The summed E-state index contributed by atoms with van der Waals surface area (Å²) >= 11 is 3.54. The van der Waals surface area contributed by atoms with Crippen LogP contribution in [0.1, 0.15) is 18.4 Å². The second kappa shape index (κ2) is 4.54. The predicted molar refractivity (Wildman–Crippen MR) is 67.6 cm³/mol. The normalized spacial score (nSPS) is 15.9. The Balaban J connectivity index is 1.99. The summed E-state index contributed by atoms with van der Waals surface area (Å²) in [5.41, 5.74) is 7.95. The van der Waals surface area contributed by atoms with Crippen LogP contribution in [-0.2, 0) is 6.54 Å². The molecule has 0 spiro atoms. The van der Waals surface area contributed by atoms with Crippen molar-refractivity contribution < 1.29 is 0 Å². The number of nitrogen functional groups attached to an aromatic ring is 1. The zero-order valence-electron chi connectivity index (χ0n) is 9.04. The summed E-state index contributed by atoms with van der Waals surface area (Å²) in [4.78, 5) is 2.37. The molecule has 1 aromatic rings. The molecule has 2 nitrogen and oxygen atoms in total. The summed E-state index contributed by atoms with van der Waals surface area (Å²) in [6.45, 7) is 2.18. The third-order valence-electron chi connectivity index (χ3n) is 2.82. The SMILES string of the molecule is CN(Cc1cccc(N)c1Br)CC1CC1. The second-order valence-electron chi connectivity index (χ2n) is 4.46. The monoisotopic (exact) mass is 268 g/mol. The molecule has 2 N–H and O–H groups in total. The molecule has 0 atom stereocenters. The molecule has 1 saturated carbocycles. The van der Waals surface area contributed by atoms with Crippen molar-refractivity contribution in [2.75, 3.05) is 19.3 Å². The molecule has 1 aliphatic rings. The van der Waals surface area contributed by atoms with E-state index in [1.54, 1.807) is 0 Å². The van der Waals surface area contributed by atoms with Crippen molar-refractivity contribution in [3.63, 3.8) is 0 Å². The zero-order chi connectivity index (χ0) is 10.8. The number of halogens is 1. The molecule has 0 radical (unpaired) electrons. The van der Waals surface area contributed by atoms with E-state index in [-0.39, 0.29) is 0 Å². The van der Waals surface area contributed by atoms with Crippen molar-refractivity contribution in [2.24, 2.45) is 5.92 Å². The second-order valence-corrected chi connectivity index (χ2v) is 5.25. The number of hydrogen-bond acceptors (Lipinski definition) is 2. The zero-order valence-corrected chi connectivity index (χ0v) is 10.6. The minimum absolute atomic E-state index is 0.826. The van der Waals surface area contributed by atoms with Gasteiger partial charge in [-0.3, -0.25) is 0 Å². The van der Waals surface area contributed by atoms with E-state index in [0.29, 0.717) is 0 Å². The van der Waals surface area contributed by atoms with Gasteiger partial charge in [0.25, 0.3) is 0 Å². The first-order chi connectivity index (χ1) is 7.16. The van der Waals surface area contributed by atoms with Crippen LogP contribution in [0.3, 0.4) is 0 Å². The van der Waals surface area contributed by atoms with Gasteiger partial charge >= 0.3 is 0 Å². The van der Waals surface area contributed by atoms with Gasteiger partial charge in [-0.1, -0.05) is 12.1 Å². The number of nitrogens with two attached hydrogens (primary N) is 1. The Morgan fingerprint density at radius 2 is 2.20 bits per heavy atom. The number of benzene rings is 1. The summed E-state index contributed by atoms with van der Waals surface area (Å²) < 4.78 is 1.05. The lowest BCUT2D eigenvalue weighted by molar-refractivity contribution is 0.312. The van der Waals surface area contributed by atoms with Crippen molar-refractivity contribution in [3.05, 3.63) is 28.2 Å². The summed E-state index contributed by atoms with van der Waals surface area (Å²) in [5, 5.41) is 0. The molecule has 0 heterocycles. The van der Waals surface area contributed by atoms with Gasteiger partial charge in [-0.25, -0.2) is 0 Å². The van der Waals surface area contributed by atoms with Crippen LogP contribution in [0.15, 0.2) is 22.7 Å². The van der Waals surface area contributed by atoms with E-state index in [1.807, 2.05) is 12.1 Å². The molecule has 1 aliphatic carbocycles. The highest BCUT2D eigenvalue weighted by atomic mass is 79.9. The minimum atomic E-state index is 0.826. The molecular formula is C12H17BrN2. The highest BCUT2D eigenvalue weighted by Crippen LogP contribution is 2.30. The molecule has 15 heavy (non-hydrogen) atoms. The van der Waals surface area contributed by atoms with E-state index in [0.717, 1.165) is 22.6 Å². The highest BCUT2D eigenvalue weighted by Gasteiger charge is 2.22. The van der Waals surface area contributed by atoms with E-state index < -0.39 is 0 Å². The molecule has 0 aromatic heterocycles. The molecule has 0 unspecified atom stereocenters. The van der Waals surface area contributed by atoms with E-state index in [9.17, 15) is 0 Å². The molecule has 82 valence electrons. The van der Waals surface area contributed by atoms with E-state index in [2.05, 4.69) is 33.9 Å². The lowest BCUT2D eigenvalue weighted by Crippen LogP contribution is -2.20. The van der Waals surface area contributed by atoms with Crippen LogP contribution < -0.4 is 5.73 Å². The van der Waals surface area contributed by atoms with Gasteiger partial charge in [-0.15, -0.1) is 0 Å². The molecule has 0 saturated heterocycles. The van der Waals surface area contributed by atoms with Gasteiger partial charge in [-0.2, -0.15) is 0 Å². The Bertz CT molecular complexity index is 347. The van der Waals surface area contributed by atoms with Crippen molar-refractivity contribution in [2.45, 2.75) is 19.4 Å². The van der Waals surface area contributed by atoms with Crippen LogP contribution in [0, 0.1) is 5.92 Å². The molecule has 0 aliphatic heterocycles. The van der Waals surface area contributed by atoms with E-state index >= 15 is 0 Å². The first kappa shape index (κ1) is 11.0. The van der Waals surface area contributed by atoms with Crippen LogP contribution in [0.4, 0.5) is 5.69 Å². The van der Waals surface area contributed by atoms with Crippen LogP contribution >= 0.6 is 15.9 Å². The Hall–Kier alpha value is -0.540. The van der Waals surface area contributed by atoms with Gasteiger partial charge in [0.15, 0.2) is 0 Å². The third-order valence-corrected chi connectivity index (χ3v) is 3.78. The Morgan fingerprint density at radius 3 is 2.87 bits per heavy atom. The maximum absolute atomic E-state index is 5.84. The number of hydrogen-bond donors (Lipinski definition) is 1. The Labute approximate surface area is 99.6 Å².